The number of hydrogen-bond acceptors (Lipinski definition) is 8. The van der Waals surface area contributed by atoms with E-state index in [-0.39, 0.29) is 29.1 Å². The van der Waals surface area contributed by atoms with Crippen LogP contribution in [0.5, 0.6) is 5.75 Å². The summed E-state index contributed by atoms with van der Waals surface area (Å²) < 4.78 is 10.7. The van der Waals surface area contributed by atoms with E-state index in [9.17, 15) is 19.2 Å². The molecule has 8 nitrogen and oxygen atoms in total. The van der Waals surface area contributed by atoms with Gasteiger partial charge in [-0.1, -0.05) is 49.9 Å². The maximum Gasteiger partial charge on any atom is 0.335 e. The molecule has 0 radical (unpaired) electrons. The number of carbonyl (C=O) groups excluding carboxylic acids is 4. The van der Waals surface area contributed by atoms with E-state index in [4.69, 9.17) is 14.6 Å². The fraction of sp³-hybridized carbons (Fsp3) is 0.176. The van der Waals surface area contributed by atoms with Gasteiger partial charge >= 0.3 is 5.97 Å². The van der Waals surface area contributed by atoms with Crippen LogP contribution in [-0.2, 0) is 30.3 Å². The number of anilines is 1. The number of benzene rings is 3. The van der Waals surface area contributed by atoms with Crippen LogP contribution in [0, 0.1) is 0 Å². The highest BCUT2D eigenvalue weighted by Gasteiger charge is 2.24. The van der Waals surface area contributed by atoms with E-state index >= 15 is 0 Å². The van der Waals surface area contributed by atoms with E-state index in [1.54, 1.807) is 30.3 Å². The number of aryl methyl sites for hydroxylation is 1. The van der Waals surface area contributed by atoms with Crippen molar-refractivity contribution >= 4 is 46.4 Å². The molecule has 43 heavy (non-hydrogen) atoms. The van der Waals surface area contributed by atoms with Gasteiger partial charge < -0.3 is 14.6 Å². The van der Waals surface area contributed by atoms with Crippen LogP contribution in [0.15, 0.2) is 102 Å². The Balaban J connectivity index is 1.30. The summed E-state index contributed by atoms with van der Waals surface area (Å²) in [5.74, 6) is -0.677. The lowest BCUT2D eigenvalue weighted by Gasteiger charge is -2.13. The highest BCUT2D eigenvalue weighted by atomic mass is 32.2. The smallest absolute Gasteiger partial charge is 0.335 e. The minimum Gasteiger partial charge on any atom is -0.493 e. The number of nitrogens with zero attached hydrogens (tertiary/aromatic N) is 1. The molecule has 3 aromatic rings. The lowest BCUT2D eigenvalue weighted by atomic mass is 9.97. The molecule has 0 bridgehead atoms. The Morgan fingerprint density at radius 2 is 1.60 bits per heavy atom. The Morgan fingerprint density at radius 3 is 2.26 bits per heavy atom. The zero-order valence-corrected chi connectivity index (χ0v) is 24.5. The van der Waals surface area contributed by atoms with E-state index in [1.807, 2.05) is 42.5 Å². The standard InChI is InChI=1S/C34H31NO7S/c1-3-24-21-27(26-7-12-29(13-8-26)41-19-4-20-42-34(40)23(2)22-36)6-5-25(24)9-18-33(39)43-30-14-10-28(11-15-30)35-31(37)16-17-32(35)38/h5-18,21,36H,2-4,19-20,22H2,1H3/b18-9+. The second-order valence-electron chi connectivity index (χ2n) is 9.48. The fourth-order valence-electron chi connectivity index (χ4n) is 4.20. The normalized spacial score (nSPS) is 12.7. The summed E-state index contributed by atoms with van der Waals surface area (Å²) in [4.78, 5) is 49.6. The second kappa shape index (κ2) is 14.9. The molecule has 0 aromatic heterocycles. The van der Waals surface area contributed by atoms with Crippen molar-refractivity contribution in [3.05, 3.63) is 108 Å². The first kappa shape index (κ1) is 31.2. The van der Waals surface area contributed by atoms with Crippen molar-refractivity contribution in [3.63, 3.8) is 0 Å². The zero-order chi connectivity index (χ0) is 30.8. The molecule has 1 heterocycles. The van der Waals surface area contributed by atoms with Crippen molar-refractivity contribution in [1.82, 2.24) is 0 Å². The zero-order valence-electron chi connectivity index (χ0n) is 23.7. The summed E-state index contributed by atoms with van der Waals surface area (Å²) in [6.07, 6.45) is 7.12. The van der Waals surface area contributed by atoms with E-state index in [1.165, 1.54) is 12.2 Å². The minimum atomic E-state index is -0.608. The van der Waals surface area contributed by atoms with Crippen molar-refractivity contribution in [2.24, 2.45) is 0 Å². The Kier molecular flexibility index (Phi) is 10.9. The maximum absolute atomic E-state index is 12.6. The molecule has 2 amide bonds. The molecule has 1 aliphatic rings. The highest BCUT2D eigenvalue weighted by Crippen LogP contribution is 2.28. The molecule has 0 spiro atoms. The summed E-state index contributed by atoms with van der Waals surface area (Å²) in [5, 5.41) is 8.74. The molecule has 9 heteroatoms. The average molecular weight is 598 g/mol. The van der Waals surface area contributed by atoms with Crippen LogP contribution in [0.3, 0.4) is 0 Å². The molecule has 0 atom stereocenters. The first-order chi connectivity index (χ1) is 20.8. The lowest BCUT2D eigenvalue weighted by molar-refractivity contribution is -0.139. The summed E-state index contributed by atoms with van der Waals surface area (Å²) >= 11 is 1.07. The van der Waals surface area contributed by atoms with Crippen LogP contribution in [0.4, 0.5) is 5.69 Å². The lowest BCUT2D eigenvalue weighted by Crippen LogP contribution is -2.29. The molecule has 4 rings (SSSR count). The van der Waals surface area contributed by atoms with Gasteiger partial charge in [-0.25, -0.2) is 9.69 Å². The Labute approximate surface area is 254 Å². The molecule has 0 unspecified atom stereocenters. The Morgan fingerprint density at radius 1 is 0.930 bits per heavy atom. The first-order valence-electron chi connectivity index (χ1n) is 13.7. The third kappa shape index (κ3) is 8.41. The SMILES string of the molecule is C=C(CO)C(=O)OCCCOc1ccc(-c2ccc(/C=C/C(=O)Sc3ccc(N4C(=O)C=CC4=O)cc3)c(CC)c2)cc1. The topological polar surface area (TPSA) is 110 Å². The molecule has 220 valence electrons. The third-order valence-corrected chi connectivity index (χ3v) is 7.35. The van der Waals surface area contributed by atoms with Gasteiger partial charge in [0.15, 0.2) is 0 Å². The van der Waals surface area contributed by atoms with Crippen LogP contribution in [0.2, 0.25) is 0 Å². The molecule has 0 fully saturated rings. The van der Waals surface area contributed by atoms with E-state index in [0.29, 0.717) is 29.4 Å². The number of aliphatic hydroxyl groups is 1. The number of carbonyl (C=O) groups is 4. The summed E-state index contributed by atoms with van der Waals surface area (Å²) in [5.41, 5.74) is 4.61. The number of esters is 1. The largest absolute Gasteiger partial charge is 0.493 e. The number of ether oxygens (including phenoxy) is 2. The van der Waals surface area contributed by atoms with E-state index < -0.39 is 12.6 Å². The van der Waals surface area contributed by atoms with Gasteiger partial charge in [-0.05, 0) is 82.9 Å². The molecule has 0 saturated heterocycles. The number of thioether (sulfide) groups is 1. The van der Waals surface area contributed by atoms with Gasteiger partial charge in [0.1, 0.15) is 5.75 Å². The van der Waals surface area contributed by atoms with Gasteiger partial charge in [0.2, 0.25) is 5.12 Å². The third-order valence-electron chi connectivity index (χ3n) is 6.50. The number of amides is 2. The van der Waals surface area contributed by atoms with Gasteiger partial charge in [0.25, 0.3) is 11.8 Å². The van der Waals surface area contributed by atoms with Gasteiger partial charge in [-0.3, -0.25) is 14.4 Å². The summed E-state index contributed by atoms with van der Waals surface area (Å²) in [6.45, 7) is 5.61. The maximum atomic E-state index is 12.6. The van der Waals surface area contributed by atoms with Crippen molar-refractivity contribution < 1.29 is 33.8 Å². The van der Waals surface area contributed by atoms with Crippen LogP contribution in [0.25, 0.3) is 17.2 Å². The fourth-order valence-corrected chi connectivity index (χ4v) is 4.84. The minimum absolute atomic E-state index is 0.0225. The van der Waals surface area contributed by atoms with Gasteiger partial charge in [-0.2, -0.15) is 0 Å². The van der Waals surface area contributed by atoms with E-state index in [0.717, 1.165) is 45.3 Å². The van der Waals surface area contributed by atoms with Gasteiger partial charge in [0, 0.05) is 23.5 Å². The predicted molar refractivity (Wildman–Crippen MR) is 167 cm³/mol. The first-order valence-corrected chi connectivity index (χ1v) is 14.5. The molecule has 0 aliphatic carbocycles. The van der Waals surface area contributed by atoms with Crippen molar-refractivity contribution in [3.8, 4) is 16.9 Å². The van der Waals surface area contributed by atoms with Crippen molar-refractivity contribution in [2.75, 3.05) is 24.7 Å². The molecular formula is C34H31NO7S. The second-order valence-corrected chi connectivity index (χ2v) is 10.6. The van der Waals surface area contributed by atoms with Crippen LogP contribution < -0.4 is 9.64 Å². The van der Waals surface area contributed by atoms with Crippen LogP contribution in [0.1, 0.15) is 24.5 Å². The quantitative estimate of drug-likeness (QED) is 0.0900. The number of rotatable bonds is 13. The number of aliphatic hydroxyl groups excluding tert-OH is 1. The molecule has 0 saturated carbocycles. The summed E-state index contributed by atoms with van der Waals surface area (Å²) in [6, 6.07) is 20.5. The van der Waals surface area contributed by atoms with Crippen LogP contribution in [-0.4, -0.2) is 47.8 Å². The van der Waals surface area contributed by atoms with Crippen molar-refractivity contribution in [2.45, 2.75) is 24.7 Å². The van der Waals surface area contributed by atoms with E-state index in [2.05, 4.69) is 19.6 Å². The van der Waals surface area contributed by atoms with Gasteiger partial charge in [0.05, 0.1) is 31.1 Å². The van der Waals surface area contributed by atoms with Crippen molar-refractivity contribution in [1.29, 1.82) is 0 Å². The summed E-state index contributed by atoms with van der Waals surface area (Å²) in [7, 11) is 0. The molecule has 3 aromatic carbocycles. The highest BCUT2D eigenvalue weighted by molar-refractivity contribution is 8.14. The number of imide groups is 1. The monoisotopic (exact) mass is 597 g/mol. The molecule has 1 aliphatic heterocycles. The molecular weight excluding hydrogens is 566 g/mol. The predicted octanol–water partition coefficient (Wildman–Crippen LogP) is 5.54. The Bertz CT molecular complexity index is 1560. The number of hydrogen-bond donors (Lipinski definition) is 1. The molecule has 1 N–H and O–H groups in total. The average Bonchev–Trinajstić information content (AvgIpc) is 3.37. The Hall–Kier alpha value is -4.73. The van der Waals surface area contributed by atoms with Gasteiger partial charge in [-0.15, -0.1) is 0 Å². The van der Waals surface area contributed by atoms with Crippen LogP contribution >= 0.6 is 11.8 Å².